The third kappa shape index (κ3) is 3.44. The van der Waals surface area contributed by atoms with Gasteiger partial charge in [-0.15, -0.1) is 11.3 Å². The number of nitrogens with zero attached hydrogens (tertiary/aromatic N) is 4. The van der Waals surface area contributed by atoms with Crippen LogP contribution < -0.4 is 10.7 Å². The number of fused-ring (bicyclic) bond motifs is 1. The van der Waals surface area contributed by atoms with Gasteiger partial charge in [-0.25, -0.2) is 14.8 Å². The van der Waals surface area contributed by atoms with Crippen molar-refractivity contribution in [3.8, 4) is 11.5 Å². The third-order valence-electron chi connectivity index (χ3n) is 5.74. The molecule has 0 unspecified atom stereocenters. The molecular formula is C23H20N6O3S. The zero-order valence-corrected chi connectivity index (χ0v) is 18.5. The number of hydrazine groups is 1. The fourth-order valence-electron chi connectivity index (χ4n) is 4.10. The molecule has 2 aromatic heterocycles. The van der Waals surface area contributed by atoms with Gasteiger partial charge >= 0.3 is 6.03 Å². The van der Waals surface area contributed by atoms with E-state index in [0.717, 1.165) is 16.0 Å². The lowest BCUT2D eigenvalue weighted by Gasteiger charge is -2.25. The number of carbonyl (C=O) groups is 3. The lowest BCUT2D eigenvalue weighted by Crippen LogP contribution is -2.49. The van der Waals surface area contributed by atoms with Crippen LogP contribution in [0.25, 0.3) is 22.6 Å². The molecule has 9 nitrogen and oxygen atoms in total. The van der Waals surface area contributed by atoms with E-state index >= 15 is 0 Å². The maximum Gasteiger partial charge on any atom is 0.344 e. The van der Waals surface area contributed by atoms with Gasteiger partial charge in [0.15, 0.2) is 5.82 Å². The van der Waals surface area contributed by atoms with Crippen LogP contribution in [0.1, 0.15) is 18.9 Å². The van der Waals surface area contributed by atoms with Crippen LogP contribution in [0.5, 0.6) is 0 Å². The normalized spacial score (nSPS) is 18.0. The highest BCUT2D eigenvalue weighted by molar-refractivity contribution is 7.07. The molecule has 2 N–H and O–H groups in total. The van der Waals surface area contributed by atoms with Crippen LogP contribution in [0.2, 0.25) is 0 Å². The zero-order chi connectivity index (χ0) is 23.0. The average Bonchev–Trinajstić information content (AvgIpc) is 3.54. The van der Waals surface area contributed by atoms with Crippen molar-refractivity contribution in [3.63, 3.8) is 0 Å². The van der Waals surface area contributed by atoms with Crippen molar-refractivity contribution in [2.45, 2.75) is 25.4 Å². The lowest BCUT2D eigenvalue weighted by molar-refractivity contribution is -0.139. The maximum atomic E-state index is 13.3. The minimum atomic E-state index is -1.22. The Morgan fingerprint density at radius 3 is 2.61 bits per heavy atom. The minimum absolute atomic E-state index is 0.144. The van der Waals surface area contributed by atoms with Crippen LogP contribution >= 0.6 is 11.3 Å². The average molecular weight is 461 g/mol. The number of urea groups is 1. The molecule has 1 aliphatic heterocycles. The summed E-state index contributed by atoms with van der Waals surface area (Å²) in [7, 11) is 0. The molecule has 2 aromatic carbocycles. The summed E-state index contributed by atoms with van der Waals surface area (Å²) in [6, 6.07) is 15.8. The third-order valence-corrected chi connectivity index (χ3v) is 6.33. The molecule has 0 saturated carbocycles. The second-order valence-electron chi connectivity index (χ2n) is 7.61. The zero-order valence-electron chi connectivity index (χ0n) is 17.7. The largest absolute Gasteiger partial charge is 0.344 e. The van der Waals surface area contributed by atoms with E-state index in [9.17, 15) is 14.4 Å². The number of imidazole rings is 1. The molecule has 0 radical (unpaired) electrons. The molecule has 1 atom stereocenters. The molecule has 4 amide bonds. The second-order valence-corrected chi connectivity index (χ2v) is 8.33. The molecule has 0 aliphatic carbocycles. The van der Waals surface area contributed by atoms with Crippen molar-refractivity contribution in [1.29, 1.82) is 0 Å². The van der Waals surface area contributed by atoms with Gasteiger partial charge in [-0.3, -0.25) is 15.0 Å². The summed E-state index contributed by atoms with van der Waals surface area (Å²) < 4.78 is 1.72. The predicted octanol–water partition coefficient (Wildman–Crippen LogP) is 3.05. The number of hydrogen-bond acceptors (Lipinski definition) is 6. The number of thiazole rings is 1. The fourth-order valence-corrected chi connectivity index (χ4v) is 4.63. The summed E-state index contributed by atoms with van der Waals surface area (Å²) in [5, 5.41) is 5.37. The number of aromatic nitrogens is 3. The molecule has 0 spiro atoms. The Hall–Kier alpha value is -4.05. The number of para-hydroxylation sites is 2. The summed E-state index contributed by atoms with van der Waals surface area (Å²) >= 11 is 1.43. The SMILES string of the molecule is CC[C@]1(c2ccccc2)NC(=O)N(NC(=O)Cn2c(-c3cscn3)nc3ccccc32)C1=O. The monoisotopic (exact) mass is 460 g/mol. The molecule has 1 aliphatic rings. The highest BCUT2D eigenvalue weighted by Gasteiger charge is 2.52. The molecule has 4 aromatic rings. The molecule has 10 heteroatoms. The van der Waals surface area contributed by atoms with E-state index < -0.39 is 23.4 Å². The Morgan fingerprint density at radius 2 is 1.88 bits per heavy atom. The fraction of sp³-hybridized carbons (Fsp3) is 0.174. The number of benzene rings is 2. The Labute approximate surface area is 193 Å². The smallest absolute Gasteiger partial charge is 0.318 e. The van der Waals surface area contributed by atoms with Crippen molar-refractivity contribution in [3.05, 3.63) is 71.1 Å². The van der Waals surface area contributed by atoms with Gasteiger partial charge < -0.3 is 9.88 Å². The van der Waals surface area contributed by atoms with Gasteiger partial charge in [-0.1, -0.05) is 49.4 Å². The van der Waals surface area contributed by atoms with Crippen LogP contribution in [0, 0.1) is 0 Å². The van der Waals surface area contributed by atoms with Gasteiger partial charge in [0.1, 0.15) is 17.8 Å². The van der Waals surface area contributed by atoms with Crippen LogP contribution in [-0.4, -0.2) is 37.4 Å². The van der Waals surface area contributed by atoms with E-state index in [0.29, 0.717) is 23.5 Å². The summed E-state index contributed by atoms with van der Waals surface area (Å²) in [4.78, 5) is 47.9. The number of carbonyl (C=O) groups excluding carboxylic acids is 3. The summed E-state index contributed by atoms with van der Waals surface area (Å²) in [5.41, 5.74) is 5.73. The Kier molecular flexibility index (Phi) is 5.14. The minimum Gasteiger partial charge on any atom is -0.318 e. The summed E-state index contributed by atoms with van der Waals surface area (Å²) in [6.07, 6.45) is 0.341. The molecule has 5 rings (SSSR count). The molecular weight excluding hydrogens is 440 g/mol. The Bertz CT molecular complexity index is 1350. The van der Waals surface area contributed by atoms with Crippen LogP contribution in [0.4, 0.5) is 4.79 Å². The van der Waals surface area contributed by atoms with E-state index in [1.807, 2.05) is 42.6 Å². The molecule has 3 heterocycles. The highest BCUT2D eigenvalue weighted by Crippen LogP contribution is 2.31. The number of imide groups is 1. The summed E-state index contributed by atoms with van der Waals surface area (Å²) in [6.45, 7) is 1.67. The standard InChI is InChI=1S/C23H20N6O3S/c1-2-23(15-8-4-3-5-9-15)21(31)29(22(32)26-23)27-19(30)12-28-18-11-7-6-10-16(18)25-20(28)17-13-33-14-24-17/h3-11,13-14H,2,12H2,1H3,(H,26,32)(H,27,30)/t23-/m1/s1. The van der Waals surface area contributed by atoms with Gasteiger partial charge in [0.25, 0.3) is 11.8 Å². The quantitative estimate of drug-likeness (QED) is 0.430. The van der Waals surface area contributed by atoms with Gasteiger partial charge in [0.2, 0.25) is 0 Å². The molecule has 0 bridgehead atoms. The number of amides is 4. The molecule has 166 valence electrons. The number of hydrogen-bond donors (Lipinski definition) is 2. The number of rotatable bonds is 6. The Morgan fingerprint density at radius 1 is 1.12 bits per heavy atom. The van der Waals surface area contributed by atoms with Gasteiger partial charge in [0.05, 0.1) is 16.5 Å². The number of nitrogens with one attached hydrogen (secondary N) is 2. The van der Waals surface area contributed by atoms with Crippen molar-refractivity contribution in [2.75, 3.05) is 0 Å². The second kappa shape index (κ2) is 8.14. The van der Waals surface area contributed by atoms with Crippen molar-refractivity contribution >= 4 is 40.2 Å². The predicted molar refractivity (Wildman–Crippen MR) is 123 cm³/mol. The molecule has 33 heavy (non-hydrogen) atoms. The van der Waals surface area contributed by atoms with Crippen molar-refractivity contribution < 1.29 is 14.4 Å². The van der Waals surface area contributed by atoms with Gasteiger partial charge in [0, 0.05) is 5.38 Å². The van der Waals surface area contributed by atoms with Gasteiger partial charge in [-0.2, -0.15) is 5.01 Å². The first-order valence-corrected chi connectivity index (χ1v) is 11.3. The van der Waals surface area contributed by atoms with Gasteiger partial charge in [-0.05, 0) is 24.1 Å². The first kappa shape index (κ1) is 20.8. The molecule has 1 saturated heterocycles. The van der Waals surface area contributed by atoms with E-state index in [-0.39, 0.29) is 6.54 Å². The topological polar surface area (TPSA) is 109 Å². The lowest BCUT2D eigenvalue weighted by atomic mass is 9.87. The van der Waals surface area contributed by atoms with Crippen molar-refractivity contribution in [2.24, 2.45) is 0 Å². The van der Waals surface area contributed by atoms with E-state index in [1.165, 1.54) is 11.3 Å². The van der Waals surface area contributed by atoms with E-state index in [4.69, 9.17) is 0 Å². The summed E-state index contributed by atoms with van der Waals surface area (Å²) in [5.74, 6) is -0.514. The maximum absolute atomic E-state index is 13.3. The Balaban J connectivity index is 1.42. The first-order valence-electron chi connectivity index (χ1n) is 10.4. The van der Waals surface area contributed by atoms with E-state index in [2.05, 4.69) is 20.7 Å². The first-order chi connectivity index (χ1) is 16.0. The van der Waals surface area contributed by atoms with Crippen LogP contribution in [0.15, 0.2) is 65.5 Å². The highest BCUT2D eigenvalue weighted by atomic mass is 32.1. The molecule has 1 fully saturated rings. The van der Waals surface area contributed by atoms with Crippen LogP contribution in [0.3, 0.4) is 0 Å². The van der Waals surface area contributed by atoms with Crippen LogP contribution in [-0.2, 0) is 21.7 Å². The van der Waals surface area contributed by atoms with E-state index in [1.54, 1.807) is 34.3 Å². The van der Waals surface area contributed by atoms with Crippen molar-refractivity contribution in [1.82, 2.24) is 30.3 Å².